The second-order valence-corrected chi connectivity index (χ2v) is 4.28. The number of amidine groups is 1. The number of thioether (sulfide) groups is 1. The molecule has 5 N–H and O–H groups in total. The van der Waals surface area contributed by atoms with Crippen molar-refractivity contribution < 1.29 is 4.39 Å². The molecule has 0 bridgehead atoms. The van der Waals surface area contributed by atoms with E-state index in [9.17, 15) is 4.39 Å². The van der Waals surface area contributed by atoms with Gasteiger partial charge in [0.1, 0.15) is 5.82 Å². The molecule has 0 unspecified atom stereocenters. The second-order valence-electron chi connectivity index (χ2n) is 2.87. The van der Waals surface area contributed by atoms with Crippen LogP contribution in [0.4, 0.5) is 4.39 Å². The summed E-state index contributed by atoms with van der Waals surface area (Å²) in [4.78, 5) is 3.53. The summed E-state index contributed by atoms with van der Waals surface area (Å²) in [7, 11) is 0. The van der Waals surface area contributed by atoms with E-state index in [2.05, 4.69) is 4.99 Å². The molecule has 0 aliphatic heterocycles. The number of benzene rings is 1. The Bertz CT molecular complexity index is 439. The van der Waals surface area contributed by atoms with Crippen LogP contribution in [-0.2, 0) is 5.75 Å². The van der Waals surface area contributed by atoms with Crippen molar-refractivity contribution in [1.29, 1.82) is 5.41 Å². The highest BCUT2D eigenvalue weighted by atomic mass is 35.5. The average molecular weight is 297 g/mol. The molecular weight excluding hydrogens is 286 g/mol. The van der Waals surface area contributed by atoms with Crippen molar-refractivity contribution in [2.45, 2.75) is 5.75 Å². The van der Waals surface area contributed by atoms with Crippen molar-refractivity contribution in [2.24, 2.45) is 16.5 Å². The van der Waals surface area contributed by atoms with Crippen LogP contribution >= 0.6 is 35.8 Å². The molecule has 0 radical (unpaired) electrons. The van der Waals surface area contributed by atoms with E-state index in [4.69, 9.17) is 28.5 Å². The van der Waals surface area contributed by atoms with E-state index in [0.717, 1.165) is 5.56 Å². The molecule has 17 heavy (non-hydrogen) atoms. The zero-order valence-electron chi connectivity index (χ0n) is 8.61. The fraction of sp³-hybridized carbons (Fsp3) is 0.111. The molecule has 0 amide bonds. The summed E-state index contributed by atoms with van der Waals surface area (Å²) < 4.78 is 13.1. The Hall–Kier alpha value is -0.980. The molecule has 1 aromatic carbocycles. The molecule has 0 fully saturated rings. The molecule has 0 aliphatic rings. The first-order chi connectivity index (χ1) is 7.49. The molecule has 0 saturated carbocycles. The Morgan fingerprint density at radius 1 is 1.47 bits per heavy atom. The normalized spacial score (nSPS) is 10.8. The summed E-state index contributed by atoms with van der Waals surface area (Å²) in [6.45, 7) is 0. The summed E-state index contributed by atoms with van der Waals surface area (Å²) in [5, 5.41) is 7.14. The zero-order valence-corrected chi connectivity index (χ0v) is 11.0. The van der Waals surface area contributed by atoms with Gasteiger partial charge in [0.25, 0.3) is 0 Å². The predicted octanol–water partition coefficient (Wildman–Crippen LogP) is 2.34. The number of hydrogen-bond donors (Lipinski definition) is 3. The number of nitrogens with zero attached hydrogens (tertiary/aromatic N) is 1. The maximum atomic E-state index is 13.1. The third kappa shape index (κ3) is 5.76. The van der Waals surface area contributed by atoms with Gasteiger partial charge in [0.2, 0.25) is 5.96 Å². The van der Waals surface area contributed by atoms with Crippen LogP contribution in [0.1, 0.15) is 5.56 Å². The van der Waals surface area contributed by atoms with Gasteiger partial charge in [-0.15, -0.1) is 12.4 Å². The van der Waals surface area contributed by atoms with Gasteiger partial charge in [-0.05, 0) is 17.7 Å². The Balaban J connectivity index is 0.00000256. The average Bonchev–Trinajstić information content (AvgIpc) is 2.19. The Morgan fingerprint density at radius 3 is 2.65 bits per heavy atom. The van der Waals surface area contributed by atoms with Crippen molar-refractivity contribution in [1.82, 2.24) is 0 Å². The van der Waals surface area contributed by atoms with Crippen LogP contribution in [0.15, 0.2) is 23.2 Å². The molecule has 94 valence electrons. The number of halogens is 3. The van der Waals surface area contributed by atoms with Crippen LogP contribution in [0.5, 0.6) is 0 Å². The lowest BCUT2D eigenvalue weighted by atomic mass is 10.2. The minimum Gasteiger partial charge on any atom is -0.378 e. The molecule has 0 aromatic heterocycles. The lowest BCUT2D eigenvalue weighted by Gasteiger charge is -2.02. The first kappa shape index (κ1) is 16.0. The summed E-state index contributed by atoms with van der Waals surface area (Å²) in [6, 6.07) is 4.50. The Kier molecular flexibility index (Phi) is 6.94. The van der Waals surface area contributed by atoms with E-state index in [1.807, 2.05) is 0 Å². The van der Waals surface area contributed by atoms with Crippen LogP contribution in [0.25, 0.3) is 0 Å². The molecule has 0 saturated heterocycles. The lowest BCUT2D eigenvalue weighted by molar-refractivity contribution is 0.627. The van der Waals surface area contributed by atoms with Gasteiger partial charge in [0.05, 0.1) is 5.02 Å². The van der Waals surface area contributed by atoms with Crippen LogP contribution in [0.2, 0.25) is 5.02 Å². The van der Waals surface area contributed by atoms with Crippen LogP contribution < -0.4 is 11.5 Å². The highest BCUT2D eigenvalue weighted by Gasteiger charge is 2.02. The fourth-order valence-corrected chi connectivity index (χ4v) is 1.71. The molecule has 4 nitrogen and oxygen atoms in total. The largest absolute Gasteiger partial charge is 0.378 e. The molecular formula is C9H11Cl2FN4S. The molecule has 1 rings (SSSR count). The van der Waals surface area contributed by atoms with Crippen molar-refractivity contribution >= 4 is 46.9 Å². The van der Waals surface area contributed by atoms with Crippen LogP contribution in [0.3, 0.4) is 0 Å². The Morgan fingerprint density at radius 2 is 2.12 bits per heavy atom. The SMILES string of the molecule is Cl.N=C(N)N=C(N)SCc1ccc(Cl)c(F)c1. The summed E-state index contributed by atoms with van der Waals surface area (Å²) in [5.41, 5.74) is 11.2. The first-order valence-corrected chi connectivity index (χ1v) is 5.60. The predicted molar refractivity (Wildman–Crippen MR) is 73.5 cm³/mol. The Labute approximate surface area is 114 Å². The van der Waals surface area contributed by atoms with Crippen molar-refractivity contribution in [3.8, 4) is 0 Å². The summed E-state index contributed by atoms with van der Waals surface area (Å²) in [5.74, 6) is -0.384. The van der Waals surface area contributed by atoms with Gasteiger partial charge in [-0.25, -0.2) is 4.39 Å². The third-order valence-corrected chi connectivity index (χ3v) is 2.77. The topological polar surface area (TPSA) is 88.2 Å². The quantitative estimate of drug-likeness (QED) is 0.578. The number of aliphatic imine (C=N–C) groups is 1. The van der Waals surface area contributed by atoms with Gasteiger partial charge in [-0.1, -0.05) is 29.4 Å². The zero-order chi connectivity index (χ0) is 12.1. The molecule has 0 aliphatic carbocycles. The summed E-state index contributed by atoms with van der Waals surface area (Å²) in [6.07, 6.45) is 0. The summed E-state index contributed by atoms with van der Waals surface area (Å²) >= 11 is 6.71. The molecule has 8 heteroatoms. The third-order valence-electron chi connectivity index (χ3n) is 1.60. The highest BCUT2D eigenvalue weighted by Crippen LogP contribution is 2.19. The number of guanidine groups is 1. The maximum absolute atomic E-state index is 13.1. The van der Waals surface area contributed by atoms with Gasteiger partial charge in [0, 0.05) is 5.75 Å². The van der Waals surface area contributed by atoms with Crippen LogP contribution in [0, 0.1) is 11.2 Å². The molecule has 0 atom stereocenters. The smallest absolute Gasteiger partial charge is 0.214 e. The molecule has 1 aromatic rings. The van der Waals surface area contributed by atoms with Crippen molar-refractivity contribution in [3.05, 3.63) is 34.6 Å². The van der Waals surface area contributed by atoms with E-state index >= 15 is 0 Å². The fourth-order valence-electron chi connectivity index (χ4n) is 0.938. The number of hydrogen-bond acceptors (Lipinski definition) is 2. The van der Waals surface area contributed by atoms with Gasteiger partial charge in [-0.3, -0.25) is 5.41 Å². The van der Waals surface area contributed by atoms with Gasteiger partial charge in [-0.2, -0.15) is 4.99 Å². The second kappa shape index (κ2) is 7.37. The monoisotopic (exact) mass is 296 g/mol. The first-order valence-electron chi connectivity index (χ1n) is 4.24. The van der Waals surface area contributed by atoms with E-state index in [-0.39, 0.29) is 28.6 Å². The minimum absolute atomic E-state index is 0. The van der Waals surface area contributed by atoms with E-state index < -0.39 is 5.82 Å². The highest BCUT2D eigenvalue weighted by molar-refractivity contribution is 8.13. The standard InChI is InChI=1S/C9H10ClFN4S.ClH/c10-6-2-1-5(3-7(6)11)4-16-9(14)15-8(12)13;/h1-3H,4H2,(H5,12,13,14,15);1H. The van der Waals surface area contributed by atoms with E-state index in [1.54, 1.807) is 6.07 Å². The minimum atomic E-state index is -0.471. The maximum Gasteiger partial charge on any atom is 0.214 e. The van der Waals surface area contributed by atoms with Gasteiger partial charge in [0.15, 0.2) is 5.17 Å². The van der Waals surface area contributed by atoms with E-state index in [1.165, 1.54) is 23.9 Å². The van der Waals surface area contributed by atoms with Crippen molar-refractivity contribution in [3.63, 3.8) is 0 Å². The van der Waals surface area contributed by atoms with Gasteiger partial charge >= 0.3 is 0 Å². The van der Waals surface area contributed by atoms with E-state index in [0.29, 0.717) is 5.75 Å². The van der Waals surface area contributed by atoms with Gasteiger partial charge < -0.3 is 11.5 Å². The van der Waals surface area contributed by atoms with Crippen LogP contribution in [-0.4, -0.2) is 11.1 Å². The van der Waals surface area contributed by atoms with Crippen molar-refractivity contribution in [2.75, 3.05) is 0 Å². The number of nitrogens with one attached hydrogen (secondary N) is 1. The lowest BCUT2D eigenvalue weighted by Crippen LogP contribution is -2.14. The number of nitrogens with two attached hydrogens (primary N) is 2. The molecule has 0 spiro atoms. The molecule has 0 heterocycles. The number of rotatable bonds is 2.